The van der Waals surface area contributed by atoms with Crippen LogP contribution in [0, 0.1) is 0 Å². The number of carbonyl (C=O) groups excluding carboxylic acids is 1. The average Bonchev–Trinajstić information content (AvgIpc) is 2.77. The van der Waals surface area contributed by atoms with E-state index in [9.17, 15) is 4.79 Å². The molecule has 20 heavy (non-hydrogen) atoms. The zero-order valence-electron chi connectivity index (χ0n) is 10.7. The van der Waals surface area contributed by atoms with Crippen LogP contribution in [0.15, 0.2) is 40.9 Å². The lowest BCUT2D eigenvalue weighted by Gasteiger charge is -2.10. The van der Waals surface area contributed by atoms with Gasteiger partial charge in [-0.1, -0.05) is 28.1 Å². The molecule has 3 rings (SSSR count). The highest BCUT2D eigenvalue weighted by atomic mass is 79.9. The molecule has 0 atom stereocenters. The molecule has 4 N–H and O–H groups in total. The van der Waals surface area contributed by atoms with Gasteiger partial charge in [-0.05, 0) is 35.4 Å². The first-order chi connectivity index (χ1) is 9.61. The summed E-state index contributed by atoms with van der Waals surface area (Å²) in [5.74, 6) is 0.0577. The van der Waals surface area contributed by atoms with Crippen LogP contribution >= 0.6 is 15.9 Å². The van der Waals surface area contributed by atoms with Crippen molar-refractivity contribution in [2.45, 2.75) is 13.0 Å². The lowest BCUT2D eigenvalue weighted by molar-refractivity contribution is -0.115. The molecule has 1 aliphatic heterocycles. The van der Waals surface area contributed by atoms with Gasteiger partial charge in [0.25, 0.3) is 0 Å². The van der Waals surface area contributed by atoms with E-state index in [1.54, 1.807) is 0 Å². The summed E-state index contributed by atoms with van der Waals surface area (Å²) in [6.45, 7) is 0.674. The Morgan fingerprint density at radius 2 is 2.10 bits per heavy atom. The third-order valence-corrected chi connectivity index (χ3v) is 3.78. The number of nitrogens with one attached hydrogen (secondary N) is 2. The van der Waals surface area contributed by atoms with Gasteiger partial charge in [0.15, 0.2) is 0 Å². The highest BCUT2D eigenvalue weighted by Crippen LogP contribution is 2.26. The van der Waals surface area contributed by atoms with Gasteiger partial charge in [0.2, 0.25) is 5.91 Å². The van der Waals surface area contributed by atoms with E-state index in [0.717, 1.165) is 27.0 Å². The lowest BCUT2D eigenvalue weighted by Crippen LogP contribution is -2.03. The number of rotatable bonds is 3. The first kappa shape index (κ1) is 13.0. The monoisotopic (exact) mass is 331 g/mol. The topological polar surface area (TPSA) is 67.1 Å². The van der Waals surface area contributed by atoms with Crippen LogP contribution in [0.5, 0.6) is 0 Å². The van der Waals surface area contributed by atoms with Crippen LogP contribution in [0.3, 0.4) is 0 Å². The Balaban J connectivity index is 1.73. The SMILES string of the molecule is Nc1cc(Br)ccc1NCc1ccc2c(c1)CC(=O)N2. The van der Waals surface area contributed by atoms with Crippen LogP contribution in [0.2, 0.25) is 0 Å². The standard InChI is InChI=1S/C15H14BrN3O/c16-11-2-4-14(12(17)7-11)18-8-9-1-3-13-10(5-9)6-15(20)19-13/h1-5,7,18H,6,8,17H2,(H,19,20). The Morgan fingerprint density at radius 1 is 1.25 bits per heavy atom. The molecule has 0 saturated heterocycles. The number of carbonyl (C=O) groups is 1. The number of hydrogen-bond donors (Lipinski definition) is 3. The van der Waals surface area contributed by atoms with E-state index in [1.807, 2.05) is 30.3 Å². The van der Waals surface area contributed by atoms with Gasteiger partial charge in [-0.25, -0.2) is 0 Å². The van der Waals surface area contributed by atoms with Gasteiger partial charge in [-0.15, -0.1) is 0 Å². The van der Waals surface area contributed by atoms with Crippen molar-refractivity contribution in [1.29, 1.82) is 0 Å². The van der Waals surface area contributed by atoms with Gasteiger partial charge in [0, 0.05) is 16.7 Å². The van der Waals surface area contributed by atoms with Crippen molar-refractivity contribution < 1.29 is 4.79 Å². The van der Waals surface area contributed by atoms with Crippen LogP contribution in [-0.2, 0) is 17.8 Å². The number of anilines is 3. The van der Waals surface area contributed by atoms with Crippen LogP contribution in [0.4, 0.5) is 17.1 Å². The Bertz CT molecular complexity index is 685. The van der Waals surface area contributed by atoms with Crippen molar-refractivity contribution in [3.8, 4) is 0 Å². The van der Waals surface area contributed by atoms with Gasteiger partial charge in [0.1, 0.15) is 0 Å². The van der Waals surface area contributed by atoms with Gasteiger partial charge >= 0.3 is 0 Å². The molecule has 0 unspecified atom stereocenters. The number of halogens is 1. The minimum Gasteiger partial charge on any atom is -0.397 e. The molecule has 4 nitrogen and oxygen atoms in total. The maximum absolute atomic E-state index is 11.3. The number of benzene rings is 2. The van der Waals surface area contributed by atoms with Crippen LogP contribution in [-0.4, -0.2) is 5.91 Å². The number of hydrogen-bond acceptors (Lipinski definition) is 3. The molecule has 5 heteroatoms. The van der Waals surface area contributed by atoms with Gasteiger partial charge < -0.3 is 16.4 Å². The Hall–Kier alpha value is -2.01. The molecule has 0 saturated carbocycles. The number of nitrogens with two attached hydrogens (primary N) is 1. The minimum atomic E-state index is 0.0577. The fourth-order valence-electron chi connectivity index (χ4n) is 2.28. The molecule has 2 aromatic carbocycles. The Kier molecular flexibility index (Phi) is 3.36. The van der Waals surface area contributed by atoms with Crippen molar-refractivity contribution in [2.75, 3.05) is 16.4 Å². The minimum absolute atomic E-state index is 0.0577. The third kappa shape index (κ3) is 2.63. The number of amides is 1. The number of nitrogen functional groups attached to an aromatic ring is 1. The van der Waals surface area contributed by atoms with Gasteiger partial charge in [0.05, 0.1) is 17.8 Å². The maximum atomic E-state index is 11.3. The van der Waals surface area contributed by atoms with Gasteiger partial charge in [-0.2, -0.15) is 0 Å². The fraction of sp³-hybridized carbons (Fsp3) is 0.133. The molecule has 2 aromatic rings. The van der Waals surface area contributed by atoms with Crippen molar-refractivity contribution in [2.24, 2.45) is 0 Å². The average molecular weight is 332 g/mol. The molecule has 0 spiro atoms. The summed E-state index contributed by atoms with van der Waals surface area (Å²) in [6.07, 6.45) is 0.462. The number of fused-ring (bicyclic) bond motifs is 1. The summed E-state index contributed by atoms with van der Waals surface area (Å²) < 4.78 is 0.961. The summed E-state index contributed by atoms with van der Waals surface area (Å²) in [5.41, 5.74) is 10.7. The molecule has 0 aliphatic carbocycles. The predicted molar refractivity (Wildman–Crippen MR) is 84.7 cm³/mol. The third-order valence-electron chi connectivity index (χ3n) is 3.29. The van der Waals surface area contributed by atoms with E-state index >= 15 is 0 Å². The largest absolute Gasteiger partial charge is 0.397 e. The molecule has 102 valence electrons. The van der Waals surface area contributed by atoms with E-state index in [-0.39, 0.29) is 5.91 Å². The molecule has 0 radical (unpaired) electrons. The molecule has 0 fully saturated rings. The maximum Gasteiger partial charge on any atom is 0.228 e. The highest BCUT2D eigenvalue weighted by Gasteiger charge is 2.17. The van der Waals surface area contributed by atoms with E-state index < -0.39 is 0 Å². The van der Waals surface area contributed by atoms with Crippen molar-refractivity contribution in [3.63, 3.8) is 0 Å². The molecular weight excluding hydrogens is 318 g/mol. The Morgan fingerprint density at radius 3 is 2.90 bits per heavy atom. The van der Waals surface area contributed by atoms with Crippen molar-refractivity contribution in [3.05, 3.63) is 52.0 Å². The molecule has 0 bridgehead atoms. The van der Waals surface area contributed by atoms with Crippen LogP contribution in [0.1, 0.15) is 11.1 Å². The predicted octanol–water partition coefficient (Wildman–Crippen LogP) is 3.14. The lowest BCUT2D eigenvalue weighted by atomic mass is 10.1. The molecule has 0 aromatic heterocycles. The van der Waals surface area contributed by atoms with E-state index in [2.05, 4.69) is 32.6 Å². The van der Waals surface area contributed by atoms with E-state index in [0.29, 0.717) is 18.7 Å². The van der Waals surface area contributed by atoms with Crippen LogP contribution < -0.4 is 16.4 Å². The van der Waals surface area contributed by atoms with Crippen LogP contribution in [0.25, 0.3) is 0 Å². The first-order valence-corrected chi connectivity index (χ1v) is 7.12. The zero-order valence-corrected chi connectivity index (χ0v) is 12.3. The van der Waals surface area contributed by atoms with Crippen molar-refractivity contribution >= 4 is 38.9 Å². The summed E-state index contributed by atoms with van der Waals surface area (Å²) in [5, 5.41) is 6.14. The van der Waals surface area contributed by atoms with E-state index in [4.69, 9.17) is 5.73 Å². The molecular formula is C15H14BrN3O. The summed E-state index contributed by atoms with van der Waals surface area (Å²) in [6, 6.07) is 11.8. The summed E-state index contributed by atoms with van der Waals surface area (Å²) in [4.78, 5) is 11.3. The zero-order chi connectivity index (χ0) is 14.1. The molecule has 1 heterocycles. The normalized spacial score (nSPS) is 12.9. The summed E-state index contributed by atoms with van der Waals surface area (Å²) >= 11 is 3.39. The quantitative estimate of drug-likeness (QED) is 0.757. The van der Waals surface area contributed by atoms with Gasteiger partial charge in [-0.3, -0.25) is 4.79 Å². The fourth-order valence-corrected chi connectivity index (χ4v) is 2.66. The van der Waals surface area contributed by atoms with Crippen molar-refractivity contribution in [1.82, 2.24) is 0 Å². The second-order valence-corrected chi connectivity index (χ2v) is 5.72. The summed E-state index contributed by atoms with van der Waals surface area (Å²) in [7, 11) is 0. The molecule has 1 amide bonds. The second kappa shape index (κ2) is 5.17. The first-order valence-electron chi connectivity index (χ1n) is 6.32. The highest BCUT2D eigenvalue weighted by molar-refractivity contribution is 9.10. The van der Waals surface area contributed by atoms with E-state index in [1.165, 1.54) is 0 Å². The second-order valence-electron chi connectivity index (χ2n) is 4.80. The molecule has 1 aliphatic rings. The Labute approximate surface area is 125 Å². The smallest absolute Gasteiger partial charge is 0.228 e.